The maximum atomic E-state index is 11.0. The zero-order valence-electron chi connectivity index (χ0n) is 17.1. The topological polar surface area (TPSA) is 41.3 Å². The molecular weight excluding hydrogens is 426 g/mol. The van der Waals surface area contributed by atoms with E-state index < -0.39 is 0 Å². The SMILES string of the molecule is Cc1ccc2c(c1)nc(C)n2C1CCN(C[C@@H]2Cc3ccc(Br)cc3C2)CC1O. The van der Waals surface area contributed by atoms with E-state index in [0.717, 1.165) is 55.8 Å². The highest BCUT2D eigenvalue weighted by molar-refractivity contribution is 9.10. The van der Waals surface area contributed by atoms with Crippen LogP contribution < -0.4 is 0 Å². The molecule has 152 valence electrons. The van der Waals surface area contributed by atoms with Gasteiger partial charge in [-0.2, -0.15) is 0 Å². The van der Waals surface area contributed by atoms with Crippen LogP contribution in [0.5, 0.6) is 0 Å². The summed E-state index contributed by atoms with van der Waals surface area (Å²) >= 11 is 3.59. The number of piperidine rings is 1. The lowest BCUT2D eigenvalue weighted by molar-refractivity contribution is 0.0223. The lowest BCUT2D eigenvalue weighted by Crippen LogP contribution is -2.46. The molecule has 1 saturated heterocycles. The van der Waals surface area contributed by atoms with Crippen molar-refractivity contribution in [3.05, 3.63) is 63.4 Å². The van der Waals surface area contributed by atoms with Gasteiger partial charge in [0, 0.05) is 24.1 Å². The van der Waals surface area contributed by atoms with Crippen molar-refractivity contribution in [3.63, 3.8) is 0 Å². The summed E-state index contributed by atoms with van der Waals surface area (Å²) in [6.45, 7) is 7.00. The van der Waals surface area contributed by atoms with Gasteiger partial charge in [-0.1, -0.05) is 28.1 Å². The van der Waals surface area contributed by atoms with Crippen LogP contribution in [0.4, 0.5) is 0 Å². The zero-order chi connectivity index (χ0) is 20.1. The number of halogens is 1. The van der Waals surface area contributed by atoms with Crippen molar-refractivity contribution in [1.29, 1.82) is 0 Å². The molecule has 3 aromatic rings. The summed E-state index contributed by atoms with van der Waals surface area (Å²) < 4.78 is 3.44. The number of likely N-dealkylation sites (tertiary alicyclic amines) is 1. The molecule has 0 saturated carbocycles. The molecule has 1 aromatic heterocycles. The molecule has 1 aliphatic heterocycles. The lowest BCUT2D eigenvalue weighted by Gasteiger charge is -2.38. The van der Waals surface area contributed by atoms with Crippen LogP contribution in [0.25, 0.3) is 11.0 Å². The molecule has 2 unspecified atom stereocenters. The van der Waals surface area contributed by atoms with E-state index in [2.05, 4.69) is 75.6 Å². The molecule has 3 atom stereocenters. The molecule has 5 heteroatoms. The summed E-state index contributed by atoms with van der Waals surface area (Å²) in [5, 5.41) is 11.0. The highest BCUT2D eigenvalue weighted by Crippen LogP contribution is 2.33. The van der Waals surface area contributed by atoms with E-state index >= 15 is 0 Å². The molecule has 1 aliphatic carbocycles. The number of benzene rings is 2. The average molecular weight is 454 g/mol. The molecule has 2 aliphatic rings. The molecule has 1 N–H and O–H groups in total. The van der Waals surface area contributed by atoms with Gasteiger partial charge >= 0.3 is 0 Å². The van der Waals surface area contributed by atoms with Gasteiger partial charge < -0.3 is 14.6 Å². The van der Waals surface area contributed by atoms with Gasteiger partial charge in [0.05, 0.1) is 23.2 Å². The van der Waals surface area contributed by atoms with Crippen LogP contribution in [-0.4, -0.2) is 45.3 Å². The maximum absolute atomic E-state index is 11.0. The highest BCUT2D eigenvalue weighted by Gasteiger charge is 2.33. The molecule has 5 rings (SSSR count). The van der Waals surface area contributed by atoms with E-state index in [1.165, 1.54) is 21.2 Å². The Balaban J connectivity index is 1.28. The van der Waals surface area contributed by atoms with Crippen LogP contribution in [0.3, 0.4) is 0 Å². The van der Waals surface area contributed by atoms with Crippen molar-refractivity contribution >= 4 is 27.0 Å². The first-order valence-corrected chi connectivity index (χ1v) is 11.4. The van der Waals surface area contributed by atoms with Crippen molar-refractivity contribution in [3.8, 4) is 0 Å². The standard InChI is InChI=1S/C24H28BrN3O/c1-15-3-6-22-21(9-15)26-16(2)28(22)23-7-8-27(14-24(23)29)13-17-10-18-4-5-20(25)12-19(18)11-17/h3-6,9,12,17,23-24,29H,7-8,10-11,13-14H2,1-2H3/t17-,23?,24?/m1/s1. The molecule has 0 radical (unpaired) electrons. The molecule has 0 spiro atoms. The summed E-state index contributed by atoms with van der Waals surface area (Å²) in [5.74, 6) is 1.65. The van der Waals surface area contributed by atoms with Gasteiger partial charge in [-0.25, -0.2) is 4.98 Å². The summed E-state index contributed by atoms with van der Waals surface area (Å²) in [6.07, 6.45) is 2.91. The quantitative estimate of drug-likeness (QED) is 0.637. The number of hydrogen-bond acceptors (Lipinski definition) is 3. The minimum absolute atomic E-state index is 0.107. The summed E-state index contributed by atoms with van der Waals surface area (Å²) in [4.78, 5) is 7.21. The van der Waals surface area contributed by atoms with Gasteiger partial charge in [-0.3, -0.25) is 0 Å². The minimum atomic E-state index is -0.362. The largest absolute Gasteiger partial charge is 0.390 e. The van der Waals surface area contributed by atoms with E-state index in [9.17, 15) is 5.11 Å². The number of nitrogens with zero attached hydrogens (tertiary/aromatic N) is 3. The smallest absolute Gasteiger partial charge is 0.107 e. The first-order valence-electron chi connectivity index (χ1n) is 10.6. The predicted molar refractivity (Wildman–Crippen MR) is 120 cm³/mol. The Hall–Kier alpha value is -1.69. The third-order valence-electron chi connectivity index (χ3n) is 6.69. The Labute approximate surface area is 180 Å². The fourth-order valence-corrected chi connectivity index (χ4v) is 5.78. The van der Waals surface area contributed by atoms with Gasteiger partial charge in [0.15, 0.2) is 0 Å². The van der Waals surface area contributed by atoms with Crippen molar-refractivity contribution in [1.82, 2.24) is 14.5 Å². The lowest BCUT2D eigenvalue weighted by atomic mass is 9.98. The molecule has 0 amide bonds. The number of imidazole rings is 1. The number of rotatable bonds is 3. The maximum Gasteiger partial charge on any atom is 0.107 e. The molecule has 4 nitrogen and oxygen atoms in total. The van der Waals surface area contributed by atoms with E-state index in [1.54, 1.807) is 0 Å². The third kappa shape index (κ3) is 3.65. The number of aryl methyl sites for hydroxylation is 2. The highest BCUT2D eigenvalue weighted by atomic mass is 79.9. The molecule has 2 heterocycles. The first kappa shape index (κ1) is 19.3. The van der Waals surface area contributed by atoms with E-state index in [1.807, 2.05) is 0 Å². The molecule has 2 aromatic carbocycles. The number of aliphatic hydroxyl groups excluding tert-OH is 1. The number of hydrogen-bond donors (Lipinski definition) is 1. The van der Waals surface area contributed by atoms with Gasteiger partial charge in [0.25, 0.3) is 0 Å². The number of aromatic nitrogens is 2. The summed E-state index contributed by atoms with van der Waals surface area (Å²) in [7, 11) is 0. The van der Waals surface area contributed by atoms with E-state index in [-0.39, 0.29) is 12.1 Å². The van der Waals surface area contributed by atoms with Gasteiger partial charge in [-0.15, -0.1) is 0 Å². The van der Waals surface area contributed by atoms with Crippen LogP contribution in [0.15, 0.2) is 40.9 Å². The van der Waals surface area contributed by atoms with Crippen molar-refractivity contribution in [2.75, 3.05) is 19.6 Å². The van der Waals surface area contributed by atoms with Gasteiger partial charge in [0.2, 0.25) is 0 Å². The van der Waals surface area contributed by atoms with E-state index in [4.69, 9.17) is 4.98 Å². The van der Waals surface area contributed by atoms with Crippen LogP contribution in [0.2, 0.25) is 0 Å². The first-order chi connectivity index (χ1) is 14.0. The third-order valence-corrected chi connectivity index (χ3v) is 7.18. The second-order valence-electron chi connectivity index (χ2n) is 8.89. The summed E-state index contributed by atoms with van der Waals surface area (Å²) in [5.41, 5.74) is 6.37. The van der Waals surface area contributed by atoms with Crippen LogP contribution in [0, 0.1) is 19.8 Å². The Morgan fingerprint density at radius 2 is 1.93 bits per heavy atom. The normalized spacial score (nSPS) is 24.9. The number of aliphatic hydroxyl groups is 1. The molecular formula is C24H28BrN3O. The number of fused-ring (bicyclic) bond motifs is 2. The molecule has 29 heavy (non-hydrogen) atoms. The van der Waals surface area contributed by atoms with Crippen LogP contribution >= 0.6 is 15.9 Å². The Bertz CT molecular complexity index is 1060. The Morgan fingerprint density at radius 1 is 1.10 bits per heavy atom. The summed E-state index contributed by atoms with van der Waals surface area (Å²) in [6, 6.07) is 13.2. The van der Waals surface area contributed by atoms with Gasteiger partial charge in [-0.05, 0) is 80.0 Å². The van der Waals surface area contributed by atoms with Gasteiger partial charge in [0.1, 0.15) is 5.82 Å². The zero-order valence-corrected chi connectivity index (χ0v) is 18.7. The van der Waals surface area contributed by atoms with Crippen molar-refractivity contribution in [2.45, 2.75) is 45.3 Å². The molecule has 0 bridgehead atoms. The Kier molecular flexibility index (Phi) is 5.01. The second kappa shape index (κ2) is 7.53. The second-order valence-corrected chi connectivity index (χ2v) is 9.81. The predicted octanol–water partition coefficient (Wildman–Crippen LogP) is 4.44. The average Bonchev–Trinajstić information content (AvgIpc) is 3.20. The van der Waals surface area contributed by atoms with E-state index in [0.29, 0.717) is 5.92 Å². The monoisotopic (exact) mass is 453 g/mol. The van der Waals surface area contributed by atoms with Crippen LogP contribution in [-0.2, 0) is 12.8 Å². The van der Waals surface area contributed by atoms with Crippen LogP contribution in [0.1, 0.15) is 35.0 Å². The Morgan fingerprint density at radius 3 is 2.76 bits per heavy atom. The number of β-amino-alcohol motifs (C(OH)–C–C–N with tert-alkyl or cyclic N) is 1. The van der Waals surface area contributed by atoms with Crippen molar-refractivity contribution < 1.29 is 5.11 Å². The fraction of sp³-hybridized carbons (Fsp3) is 0.458. The minimum Gasteiger partial charge on any atom is -0.390 e. The molecule has 1 fully saturated rings. The van der Waals surface area contributed by atoms with Crippen molar-refractivity contribution in [2.24, 2.45) is 5.92 Å². The fourth-order valence-electron chi connectivity index (χ4n) is 5.37.